The van der Waals surface area contributed by atoms with Gasteiger partial charge in [0.2, 0.25) is 0 Å². The van der Waals surface area contributed by atoms with Crippen LogP contribution in [-0.4, -0.2) is 23.5 Å². The van der Waals surface area contributed by atoms with Gasteiger partial charge in [0.25, 0.3) is 0 Å². The molecule has 1 aliphatic heterocycles. The molecule has 0 spiro atoms. The van der Waals surface area contributed by atoms with Crippen LogP contribution in [0.5, 0.6) is 0 Å². The molecule has 3 nitrogen and oxygen atoms in total. The van der Waals surface area contributed by atoms with Crippen LogP contribution in [0.25, 0.3) is 0 Å². The molecule has 1 saturated heterocycles. The standard InChI is InChI=1S/C21H24ClNO2/c1-16-6-4-5-13-23(16)14-18-7-2-3-8-19(18)15-25-21(24)17-9-11-20(22)12-10-17/h2-3,7-12,16H,4-6,13-15H2,1H3. The Bertz CT molecular complexity index is 714. The van der Waals surface area contributed by atoms with E-state index in [9.17, 15) is 4.79 Å². The third kappa shape index (κ3) is 4.83. The largest absolute Gasteiger partial charge is 0.457 e. The van der Waals surface area contributed by atoms with E-state index in [1.165, 1.54) is 24.8 Å². The minimum absolute atomic E-state index is 0.292. The lowest BCUT2D eigenvalue weighted by Crippen LogP contribution is -2.37. The predicted molar refractivity (Wildman–Crippen MR) is 101 cm³/mol. The first kappa shape index (κ1) is 18.0. The lowest BCUT2D eigenvalue weighted by Gasteiger charge is -2.33. The molecule has 4 heteroatoms. The monoisotopic (exact) mass is 357 g/mol. The molecule has 0 amide bonds. The molecular formula is C21H24ClNO2. The van der Waals surface area contributed by atoms with Crippen molar-refractivity contribution in [1.29, 1.82) is 0 Å². The van der Waals surface area contributed by atoms with E-state index >= 15 is 0 Å². The second kappa shape index (κ2) is 8.50. The lowest BCUT2D eigenvalue weighted by molar-refractivity contribution is 0.0470. The summed E-state index contributed by atoms with van der Waals surface area (Å²) in [6.45, 7) is 4.64. The summed E-state index contributed by atoms with van der Waals surface area (Å²) >= 11 is 5.86. The number of likely N-dealkylation sites (tertiary alicyclic amines) is 1. The SMILES string of the molecule is CC1CCCCN1Cc1ccccc1COC(=O)c1ccc(Cl)cc1. The van der Waals surface area contributed by atoms with Crippen molar-refractivity contribution in [2.45, 2.75) is 45.4 Å². The van der Waals surface area contributed by atoms with Gasteiger partial charge in [-0.05, 0) is 61.7 Å². The minimum atomic E-state index is -0.321. The van der Waals surface area contributed by atoms with Crippen LogP contribution in [0.4, 0.5) is 0 Å². The number of rotatable bonds is 5. The highest BCUT2D eigenvalue weighted by Gasteiger charge is 2.19. The van der Waals surface area contributed by atoms with Crippen molar-refractivity contribution in [3.63, 3.8) is 0 Å². The highest BCUT2D eigenvalue weighted by molar-refractivity contribution is 6.30. The number of hydrogen-bond acceptors (Lipinski definition) is 3. The van der Waals surface area contributed by atoms with E-state index in [1.807, 2.05) is 12.1 Å². The quantitative estimate of drug-likeness (QED) is 0.699. The van der Waals surface area contributed by atoms with Crippen molar-refractivity contribution in [1.82, 2.24) is 4.90 Å². The summed E-state index contributed by atoms with van der Waals surface area (Å²) in [5.74, 6) is -0.321. The van der Waals surface area contributed by atoms with Gasteiger partial charge in [-0.2, -0.15) is 0 Å². The molecule has 0 radical (unpaired) electrons. The van der Waals surface area contributed by atoms with E-state index in [0.29, 0.717) is 23.2 Å². The fourth-order valence-electron chi connectivity index (χ4n) is 3.28. The van der Waals surface area contributed by atoms with Crippen molar-refractivity contribution in [2.75, 3.05) is 6.54 Å². The van der Waals surface area contributed by atoms with Gasteiger partial charge in [0.1, 0.15) is 6.61 Å². The van der Waals surface area contributed by atoms with Crippen molar-refractivity contribution < 1.29 is 9.53 Å². The van der Waals surface area contributed by atoms with Gasteiger partial charge in [-0.15, -0.1) is 0 Å². The Morgan fingerprint density at radius 2 is 1.84 bits per heavy atom. The molecule has 2 aromatic carbocycles. The molecule has 0 bridgehead atoms. The van der Waals surface area contributed by atoms with Crippen LogP contribution in [0, 0.1) is 0 Å². The number of carbonyl (C=O) groups excluding carboxylic acids is 1. The lowest BCUT2D eigenvalue weighted by atomic mass is 10.0. The predicted octanol–water partition coefficient (Wildman–Crippen LogP) is 5.07. The number of benzene rings is 2. The Labute approximate surface area is 154 Å². The van der Waals surface area contributed by atoms with E-state index < -0.39 is 0 Å². The van der Waals surface area contributed by atoms with Gasteiger partial charge in [0.05, 0.1) is 5.56 Å². The highest BCUT2D eigenvalue weighted by atomic mass is 35.5. The van der Waals surface area contributed by atoms with Crippen LogP contribution in [0.1, 0.15) is 47.7 Å². The van der Waals surface area contributed by atoms with Crippen molar-refractivity contribution in [3.05, 3.63) is 70.2 Å². The van der Waals surface area contributed by atoms with Gasteiger partial charge in [-0.1, -0.05) is 42.3 Å². The number of halogens is 1. The summed E-state index contributed by atoms with van der Waals surface area (Å²) in [6, 6.07) is 15.6. The Hall–Kier alpha value is -1.84. The van der Waals surface area contributed by atoms with Crippen LogP contribution in [0.2, 0.25) is 5.02 Å². The van der Waals surface area contributed by atoms with Gasteiger partial charge in [-0.3, -0.25) is 4.90 Å². The van der Waals surface area contributed by atoms with Crippen LogP contribution >= 0.6 is 11.6 Å². The summed E-state index contributed by atoms with van der Waals surface area (Å²) in [7, 11) is 0. The Balaban J connectivity index is 1.64. The van der Waals surface area contributed by atoms with Gasteiger partial charge in [-0.25, -0.2) is 4.79 Å². The van der Waals surface area contributed by atoms with Gasteiger partial charge < -0.3 is 4.74 Å². The zero-order chi connectivity index (χ0) is 17.6. The van der Waals surface area contributed by atoms with Gasteiger partial charge in [0, 0.05) is 17.6 Å². The first-order chi connectivity index (χ1) is 12.1. The van der Waals surface area contributed by atoms with E-state index in [4.69, 9.17) is 16.3 Å². The first-order valence-corrected chi connectivity index (χ1v) is 9.25. The average Bonchev–Trinajstić information content (AvgIpc) is 2.63. The van der Waals surface area contributed by atoms with Crippen LogP contribution in [0.15, 0.2) is 48.5 Å². The maximum atomic E-state index is 12.2. The zero-order valence-electron chi connectivity index (χ0n) is 14.6. The molecule has 0 N–H and O–H groups in total. The molecule has 25 heavy (non-hydrogen) atoms. The van der Waals surface area contributed by atoms with Crippen molar-refractivity contribution in [2.24, 2.45) is 0 Å². The zero-order valence-corrected chi connectivity index (χ0v) is 15.3. The van der Waals surface area contributed by atoms with Crippen LogP contribution in [-0.2, 0) is 17.9 Å². The van der Waals surface area contributed by atoms with E-state index in [-0.39, 0.29) is 5.97 Å². The second-order valence-electron chi connectivity index (χ2n) is 6.67. The van der Waals surface area contributed by atoms with Gasteiger partial charge in [0.15, 0.2) is 0 Å². The van der Waals surface area contributed by atoms with Crippen LogP contribution in [0.3, 0.4) is 0 Å². The molecule has 2 aromatic rings. The fraction of sp³-hybridized carbons (Fsp3) is 0.381. The molecular weight excluding hydrogens is 334 g/mol. The number of carbonyl (C=O) groups is 1. The number of piperidine rings is 1. The molecule has 0 saturated carbocycles. The van der Waals surface area contributed by atoms with E-state index in [2.05, 4.69) is 24.0 Å². The molecule has 1 aliphatic rings. The summed E-state index contributed by atoms with van der Waals surface area (Å²) in [6.07, 6.45) is 3.84. The van der Waals surface area contributed by atoms with Crippen LogP contribution < -0.4 is 0 Å². The Kier molecular flexibility index (Phi) is 6.11. The molecule has 132 valence electrons. The number of esters is 1. The summed E-state index contributed by atoms with van der Waals surface area (Å²) in [5.41, 5.74) is 2.83. The third-order valence-electron chi connectivity index (χ3n) is 4.87. The second-order valence-corrected chi connectivity index (χ2v) is 7.10. The fourth-order valence-corrected chi connectivity index (χ4v) is 3.40. The van der Waals surface area contributed by atoms with Crippen molar-refractivity contribution >= 4 is 17.6 Å². The molecule has 0 aliphatic carbocycles. The summed E-state index contributed by atoms with van der Waals surface area (Å²) < 4.78 is 5.51. The topological polar surface area (TPSA) is 29.5 Å². The maximum absolute atomic E-state index is 12.2. The molecule has 1 unspecified atom stereocenters. The highest BCUT2D eigenvalue weighted by Crippen LogP contribution is 2.21. The molecule has 0 aromatic heterocycles. The number of nitrogens with zero attached hydrogens (tertiary/aromatic N) is 1. The average molecular weight is 358 g/mol. The third-order valence-corrected chi connectivity index (χ3v) is 5.12. The smallest absolute Gasteiger partial charge is 0.338 e. The maximum Gasteiger partial charge on any atom is 0.338 e. The molecule has 1 fully saturated rings. The normalized spacial score (nSPS) is 18.1. The minimum Gasteiger partial charge on any atom is -0.457 e. The Morgan fingerprint density at radius 3 is 2.56 bits per heavy atom. The summed E-state index contributed by atoms with van der Waals surface area (Å²) in [4.78, 5) is 14.7. The Morgan fingerprint density at radius 1 is 1.12 bits per heavy atom. The number of ether oxygens (including phenoxy) is 1. The molecule has 3 rings (SSSR count). The first-order valence-electron chi connectivity index (χ1n) is 8.87. The van der Waals surface area contributed by atoms with Gasteiger partial charge >= 0.3 is 5.97 Å². The van der Waals surface area contributed by atoms with E-state index in [1.54, 1.807) is 24.3 Å². The number of hydrogen-bond donors (Lipinski definition) is 0. The molecule has 1 atom stereocenters. The molecule has 1 heterocycles. The summed E-state index contributed by atoms with van der Waals surface area (Å²) in [5, 5.41) is 0.609. The van der Waals surface area contributed by atoms with Crippen molar-refractivity contribution in [3.8, 4) is 0 Å². The van der Waals surface area contributed by atoms with E-state index in [0.717, 1.165) is 18.7 Å².